The number of nitrogens with zero attached hydrogens (tertiary/aromatic N) is 1. The van der Waals surface area contributed by atoms with Gasteiger partial charge in [0.1, 0.15) is 5.75 Å². The Balaban J connectivity index is 1.85. The summed E-state index contributed by atoms with van der Waals surface area (Å²) in [6.45, 7) is 7.14. The highest BCUT2D eigenvalue weighted by atomic mass is 32.2. The Kier molecular flexibility index (Phi) is 6.63. The van der Waals surface area contributed by atoms with Crippen LogP contribution in [0.5, 0.6) is 5.75 Å². The third-order valence-electron chi connectivity index (χ3n) is 5.32. The first-order valence-corrected chi connectivity index (χ1v) is 11.9. The highest BCUT2D eigenvalue weighted by molar-refractivity contribution is 7.91. The van der Waals surface area contributed by atoms with Crippen LogP contribution in [0.3, 0.4) is 0 Å². The molecule has 0 spiro atoms. The number of hydrogen-bond acceptors (Lipinski definition) is 4. The monoisotopic (exact) mass is 415 g/mol. The van der Waals surface area contributed by atoms with E-state index in [4.69, 9.17) is 4.74 Å². The third-order valence-corrected chi connectivity index (χ3v) is 7.07. The van der Waals surface area contributed by atoms with Crippen molar-refractivity contribution in [2.75, 3.05) is 18.1 Å². The van der Waals surface area contributed by atoms with Crippen molar-refractivity contribution in [2.24, 2.45) is 0 Å². The molecule has 3 rings (SSSR count). The molecule has 1 fully saturated rings. The van der Waals surface area contributed by atoms with Gasteiger partial charge < -0.3 is 9.64 Å². The summed E-state index contributed by atoms with van der Waals surface area (Å²) in [5, 5.41) is 0. The van der Waals surface area contributed by atoms with Crippen molar-refractivity contribution in [2.45, 2.75) is 45.7 Å². The van der Waals surface area contributed by atoms with Crippen LogP contribution in [0.2, 0.25) is 0 Å². The molecule has 1 heterocycles. The van der Waals surface area contributed by atoms with E-state index in [0.29, 0.717) is 36.8 Å². The first-order valence-electron chi connectivity index (χ1n) is 10.1. The molecule has 0 aliphatic carbocycles. The van der Waals surface area contributed by atoms with Gasteiger partial charge in [0.2, 0.25) is 0 Å². The highest BCUT2D eigenvalue weighted by Crippen LogP contribution is 2.24. The molecule has 2 aromatic rings. The van der Waals surface area contributed by atoms with Crippen LogP contribution in [0.1, 0.15) is 54.6 Å². The first-order chi connectivity index (χ1) is 13.8. The molecule has 0 N–H and O–H groups in total. The minimum Gasteiger partial charge on any atom is -0.494 e. The zero-order valence-electron chi connectivity index (χ0n) is 17.3. The lowest BCUT2D eigenvalue weighted by atomic mass is 10.0. The average Bonchev–Trinajstić information content (AvgIpc) is 3.06. The van der Waals surface area contributed by atoms with Gasteiger partial charge in [-0.2, -0.15) is 0 Å². The normalized spacial score (nSPS) is 18.0. The number of ether oxygens (including phenoxy) is 1. The van der Waals surface area contributed by atoms with Gasteiger partial charge in [0.25, 0.3) is 5.91 Å². The summed E-state index contributed by atoms with van der Waals surface area (Å²) in [4.78, 5) is 15.0. The van der Waals surface area contributed by atoms with Gasteiger partial charge in [-0.15, -0.1) is 0 Å². The maximum absolute atomic E-state index is 13.3. The predicted octanol–water partition coefficient (Wildman–Crippen LogP) is 4.04. The summed E-state index contributed by atoms with van der Waals surface area (Å²) < 4.78 is 29.5. The molecule has 0 unspecified atom stereocenters. The SMILES string of the molecule is CCOc1ccc(C(=O)N(Cc2ccc(C(C)C)cc2)[C@H]2CCS(=O)(=O)C2)cc1. The maximum Gasteiger partial charge on any atom is 0.254 e. The molecule has 0 aromatic heterocycles. The van der Waals surface area contributed by atoms with Crippen LogP contribution in [-0.2, 0) is 16.4 Å². The lowest BCUT2D eigenvalue weighted by Gasteiger charge is -2.29. The van der Waals surface area contributed by atoms with E-state index >= 15 is 0 Å². The molecule has 1 aliphatic heterocycles. The molecular formula is C23H29NO4S. The lowest BCUT2D eigenvalue weighted by molar-refractivity contribution is 0.0681. The van der Waals surface area contributed by atoms with E-state index in [1.807, 2.05) is 19.1 Å². The summed E-state index contributed by atoms with van der Waals surface area (Å²) >= 11 is 0. The zero-order valence-corrected chi connectivity index (χ0v) is 18.1. The number of hydrogen-bond donors (Lipinski definition) is 0. The van der Waals surface area contributed by atoms with Gasteiger partial charge in [-0.3, -0.25) is 4.79 Å². The van der Waals surface area contributed by atoms with Crippen LogP contribution >= 0.6 is 0 Å². The molecule has 1 amide bonds. The van der Waals surface area contributed by atoms with Crippen LogP contribution in [0.4, 0.5) is 0 Å². The van der Waals surface area contributed by atoms with Crippen LogP contribution in [0.25, 0.3) is 0 Å². The van der Waals surface area contributed by atoms with Crippen molar-refractivity contribution in [1.82, 2.24) is 4.90 Å². The minimum atomic E-state index is -3.09. The fourth-order valence-corrected chi connectivity index (χ4v) is 5.35. The molecule has 0 bridgehead atoms. The van der Waals surface area contributed by atoms with Crippen molar-refractivity contribution < 1.29 is 17.9 Å². The summed E-state index contributed by atoms with van der Waals surface area (Å²) in [6.07, 6.45) is 0.481. The Hall–Kier alpha value is -2.34. The Morgan fingerprint density at radius 1 is 1.10 bits per heavy atom. The van der Waals surface area contributed by atoms with Crippen LogP contribution in [-0.4, -0.2) is 43.4 Å². The quantitative estimate of drug-likeness (QED) is 0.685. The van der Waals surface area contributed by atoms with E-state index in [-0.39, 0.29) is 23.5 Å². The Morgan fingerprint density at radius 3 is 2.28 bits per heavy atom. The predicted molar refractivity (Wildman–Crippen MR) is 115 cm³/mol. The fraction of sp³-hybridized carbons (Fsp3) is 0.435. The van der Waals surface area contributed by atoms with Gasteiger partial charge in [-0.25, -0.2) is 8.42 Å². The van der Waals surface area contributed by atoms with Gasteiger partial charge in [-0.05, 0) is 54.7 Å². The second-order valence-electron chi connectivity index (χ2n) is 7.84. The molecule has 2 aromatic carbocycles. The summed E-state index contributed by atoms with van der Waals surface area (Å²) in [5.74, 6) is 1.16. The van der Waals surface area contributed by atoms with Crippen LogP contribution < -0.4 is 4.74 Å². The summed E-state index contributed by atoms with van der Waals surface area (Å²) in [5.41, 5.74) is 2.77. The number of rotatable bonds is 7. The van der Waals surface area contributed by atoms with Crippen molar-refractivity contribution in [3.05, 3.63) is 65.2 Å². The number of carbonyl (C=O) groups excluding carboxylic acids is 1. The van der Waals surface area contributed by atoms with Crippen molar-refractivity contribution in [3.63, 3.8) is 0 Å². The van der Waals surface area contributed by atoms with Gasteiger partial charge in [0.15, 0.2) is 9.84 Å². The highest BCUT2D eigenvalue weighted by Gasteiger charge is 2.35. The topological polar surface area (TPSA) is 63.7 Å². The van der Waals surface area contributed by atoms with E-state index in [1.54, 1.807) is 29.2 Å². The second kappa shape index (κ2) is 8.99. The van der Waals surface area contributed by atoms with E-state index in [0.717, 1.165) is 5.56 Å². The molecule has 0 radical (unpaired) electrons. The van der Waals surface area contributed by atoms with E-state index in [1.165, 1.54) is 5.56 Å². The molecule has 1 saturated heterocycles. The van der Waals surface area contributed by atoms with E-state index in [9.17, 15) is 13.2 Å². The van der Waals surface area contributed by atoms with Crippen LogP contribution in [0, 0.1) is 0 Å². The molecule has 5 nitrogen and oxygen atoms in total. The second-order valence-corrected chi connectivity index (χ2v) is 10.1. The Bertz CT molecular complexity index is 934. The first kappa shape index (κ1) is 21.4. The summed E-state index contributed by atoms with van der Waals surface area (Å²) in [6, 6.07) is 14.9. The Morgan fingerprint density at radius 2 is 1.76 bits per heavy atom. The number of sulfone groups is 1. The molecule has 1 atom stereocenters. The molecule has 0 saturated carbocycles. The summed E-state index contributed by atoms with van der Waals surface area (Å²) in [7, 11) is -3.09. The largest absolute Gasteiger partial charge is 0.494 e. The standard InChI is InChI=1S/C23H29NO4S/c1-4-28-22-11-9-20(10-12-22)23(25)24(21-13-14-29(26,27)16-21)15-18-5-7-19(8-6-18)17(2)3/h5-12,17,21H,4,13-16H2,1-3H3/t21-/m0/s1. The number of benzene rings is 2. The minimum absolute atomic E-state index is 0.0276. The third kappa shape index (κ3) is 5.38. The van der Waals surface area contributed by atoms with Crippen molar-refractivity contribution in [3.8, 4) is 5.75 Å². The van der Waals surface area contributed by atoms with Gasteiger partial charge in [0.05, 0.1) is 18.1 Å². The maximum atomic E-state index is 13.3. The van der Waals surface area contributed by atoms with Gasteiger partial charge in [-0.1, -0.05) is 38.1 Å². The van der Waals surface area contributed by atoms with Gasteiger partial charge in [0, 0.05) is 18.2 Å². The zero-order chi connectivity index (χ0) is 21.0. The van der Waals surface area contributed by atoms with Crippen molar-refractivity contribution in [1.29, 1.82) is 0 Å². The van der Waals surface area contributed by atoms with Crippen LogP contribution in [0.15, 0.2) is 48.5 Å². The number of amides is 1. The van der Waals surface area contributed by atoms with E-state index in [2.05, 4.69) is 26.0 Å². The van der Waals surface area contributed by atoms with Crippen molar-refractivity contribution >= 4 is 15.7 Å². The molecule has 29 heavy (non-hydrogen) atoms. The lowest BCUT2D eigenvalue weighted by Crippen LogP contribution is -2.40. The Labute approximate surface area is 173 Å². The van der Waals surface area contributed by atoms with Gasteiger partial charge >= 0.3 is 0 Å². The molecular weight excluding hydrogens is 386 g/mol. The number of carbonyl (C=O) groups is 1. The molecule has 6 heteroatoms. The average molecular weight is 416 g/mol. The molecule has 1 aliphatic rings. The molecule has 156 valence electrons. The smallest absolute Gasteiger partial charge is 0.254 e. The van der Waals surface area contributed by atoms with E-state index < -0.39 is 9.84 Å². The fourth-order valence-electron chi connectivity index (χ4n) is 3.62.